The van der Waals surface area contributed by atoms with Gasteiger partial charge in [0.1, 0.15) is 10.6 Å². The zero-order valence-corrected chi connectivity index (χ0v) is 18.0. The number of esters is 1. The van der Waals surface area contributed by atoms with E-state index in [1.165, 1.54) is 31.4 Å². The molecule has 33 heavy (non-hydrogen) atoms. The Morgan fingerprint density at radius 2 is 1.79 bits per heavy atom. The number of nitrogens with one attached hydrogen (secondary N) is 2. The number of carbonyl (C=O) groups is 3. The maximum absolute atomic E-state index is 12.5. The number of aryl methyl sites for hydroxylation is 1. The molecule has 8 nitrogen and oxygen atoms in total. The van der Waals surface area contributed by atoms with Crippen LogP contribution in [0, 0.1) is 6.92 Å². The molecule has 0 fully saturated rings. The highest BCUT2D eigenvalue weighted by Gasteiger charge is 2.31. The van der Waals surface area contributed by atoms with E-state index in [0.29, 0.717) is 10.6 Å². The summed E-state index contributed by atoms with van der Waals surface area (Å²) in [4.78, 5) is 37.0. The Kier molecular flexibility index (Phi) is 7.07. The highest BCUT2D eigenvalue weighted by atomic mass is 32.1. The fourth-order valence-corrected chi connectivity index (χ4v) is 3.53. The summed E-state index contributed by atoms with van der Waals surface area (Å²) in [7, 11) is 0. The van der Waals surface area contributed by atoms with Gasteiger partial charge in [-0.1, -0.05) is 0 Å². The molecule has 12 heteroatoms. The van der Waals surface area contributed by atoms with Crippen molar-refractivity contribution in [2.75, 3.05) is 10.6 Å². The van der Waals surface area contributed by atoms with Crippen molar-refractivity contribution in [3.05, 3.63) is 64.9 Å². The van der Waals surface area contributed by atoms with E-state index < -0.39 is 36.0 Å². The summed E-state index contributed by atoms with van der Waals surface area (Å²) in [5.74, 6) is -2.28. The Hall–Kier alpha value is -3.80. The molecule has 2 aromatic heterocycles. The normalized spacial score (nSPS) is 12.0. The molecule has 0 bridgehead atoms. The molecule has 0 aliphatic rings. The van der Waals surface area contributed by atoms with E-state index in [9.17, 15) is 27.6 Å². The van der Waals surface area contributed by atoms with Crippen molar-refractivity contribution in [2.24, 2.45) is 0 Å². The number of hydrogen-bond acceptors (Lipinski definition) is 7. The summed E-state index contributed by atoms with van der Waals surface area (Å²) in [6, 6.07) is 9.13. The zero-order chi connectivity index (χ0) is 24.2. The van der Waals surface area contributed by atoms with Gasteiger partial charge in [-0.25, -0.2) is 4.79 Å². The lowest BCUT2D eigenvalue weighted by Gasteiger charge is -2.14. The number of amides is 2. The van der Waals surface area contributed by atoms with Crippen LogP contribution in [0.25, 0.3) is 0 Å². The van der Waals surface area contributed by atoms with E-state index in [2.05, 4.69) is 15.4 Å². The second-order valence-electron chi connectivity index (χ2n) is 6.66. The largest absolute Gasteiger partial charge is 0.573 e. The lowest BCUT2D eigenvalue weighted by atomic mass is 10.2. The van der Waals surface area contributed by atoms with E-state index in [1.54, 1.807) is 19.1 Å². The summed E-state index contributed by atoms with van der Waals surface area (Å²) in [6.45, 7) is 2.99. The third-order valence-electron chi connectivity index (χ3n) is 4.09. The molecule has 174 valence electrons. The molecule has 3 aromatic rings. The van der Waals surface area contributed by atoms with Crippen molar-refractivity contribution in [3.63, 3.8) is 0 Å². The Balaban J connectivity index is 1.57. The summed E-state index contributed by atoms with van der Waals surface area (Å²) in [5.41, 5.74) is 0.722. The van der Waals surface area contributed by atoms with Crippen LogP contribution in [0.2, 0.25) is 0 Å². The second-order valence-corrected chi connectivity index (χ2v) is 7.72. The average Bonchev–Trinajstić information content (AvgIpc) is 3.38. The predicted octanol–water partition coefficient (Wildman–Crippen LogP) is 4.98. The molecular weight excluding hydrogens is 465 g/mol. The standard InChI is InChI=1S/C21H17F3N2O6S/c1-11-10-16(26-19(28)15-4-3-9-30-15)33-17(11)20(29)31-12(2)18(27)25-13-5-7-14(8-6-13)32-21(22,23)24/h3-10,12H,1-2H3,(H,25,27)(H,26,28). The van der Waals surface area contributed by atoms with Crippen molar-refractivity contribution in [1.29, 1.82) is 0 Å². The number of anilines is 2. The third kappa shape index (κ3) is 6.59. The maximum atomic E-state index is 12.5. The number of halogens is 3. The summed E-state index contributed by atoms with van der Waals surface area (Å²) >= 11 is 0.971. The van der Waals surface area contributed by atoms with Gasteiger partial charge in [-0.15, -0.1) is 24.5 Å². The highest BCUT2D eigenvalue weighted by Crippen LogP contribution is 2.28. The first-order valence-corrected chi connectivity index (χ1v) is 10.2. The van der Waals surface area contributed by atoms with Gasteiger partial charge in [0.05, 0.1) is 11.3 Å². The first kappa shape index (κ1) is 23.9. The van der Waals surface area contributed by atoms with Crippen molar-refractivity contribution < 1.29 is 41.4 Å². The number of thiophene rings is 1. The summed E-state index contributed by atoms with van der Waals surface area (Å²) in [5, 5.41) is 5.43. The minimum atomic E-state index is -4.82. The molecule has 0 radical (unpaired) electrons. The molecule has 0 aliphatic carbocycles. The van der Waals surface area contributed by atoms with Crippen LogP contribution in [-0.4, -0.2) is 30.2 Å². The van der Waals surface area contributed by atoms with Crippen LogP contribution in [0.1, 0.15) is 32.7 Å². The zero-order valence-electron chi connectivity index (χ0n) is 17.2. The van der Waals surface area contributed by atoms with Crippen molar-refractivity contribution in [1.82, 2.24) is 0 Å². The molecular formula is C21H17F3N2O6S. The Labute approximate surface area is 189 Å². The van der Waals surface area contributed by atoms with Crippen LogP contribution in [0.3, 0.4) is 0 Å². The van der Waals surface area contributed by atoms with Gasteiger partial charge in [0.25, 0.3) is 11.8 Å². The van der Waals surface area contributed by atoms with Gasteiger partial charge in [0.2, 0.25) is 0 Å². The number of rotatable bonds is 7. The number of furan rings is 1. The van der Waals surface area contributed by atoms with E-state index in [0.717, 1.165) is 23.5 Å². The molecule has 2 amide bonds. The molecule has 2 heterocycles. The first-order chi connectivity index (χ1) is 15.5. The molecule has 1 atom stereocenters. The first-order valence-electron chi connectivity index (χ1n) is 9.35. The molecule has 1 aromatic carbocycles. The van der Waals surface area contributed by atoms with Crippen LogP contribution < -0.4 is 15.4 Å². The SMILES string of the molecule is Cc1cc(NC(=O)c2ccco2)sc1C(=O)OC(C)C(=O)Nc1ccc(OC(F)(F)F)cc1. The number of ether oxygens (including phenoxy) is 2. The predicted molar refractivity (Wildman–Crippen MR) is 112 cm³/mol. The fraction of sp³-hybridized carbons (Fsp3) is 0.190. The number of benzene rings is 1. The van der Waals surface area contributed by atoms with Crippen LogP contribution in [-0.2, 0) is 9.53 Å². The van der Waals surface area contributed by atoms with Crippen molar-refractivity contribution in [3.8, 4) is 5.75 Å². The minimum Gasteiger partial charge on any atom is -0.459 e. The van der Waals surface area contributed by atoms with Crippen LogP contribution >= 0.6 is 11.3 Å². The molecule has 0 aliphatic heterocycles. The highest BCUT2D eigenvalue weighted by molar-refractivity contribution is 7.18. The molecule has 2 N–H and O–H groups in total. The number of carbonyl (C=O) groups excluding carboxylic acids is 3. The van der Waals surface area contributed by atoms with Gasteiger partial charge in [0.15, 0.2) is 11.9 Å². The molecule has 0 saturated heterocycles. The van der Waals surface area contributed by atoms with E-state index >= 15 is 0 Å². The van der Waals surface area contributed by atoms with E-state index in [4.69, 9.17) is 9.15 Å². The Morgan fingerprint density at radius 1 is 1.09 bits per heavy atom. The third-order valence-corrected chi connectivity index (χ3v) is 5.23. The van der Waals surface area contributed by atoms with Gasteiger partial charge < -0.3 is 24.5 Å². The topological polar surface area (TPSA) is 107 Å². The summed E-state index contributed by atoms with van der Waals surface area (Å²) in [6.07, 6.45) is -4.67. The van der Waals surface area contributed by atoms with Gasteiger partial charge in [-0.2, -0.15) is 0 Å². The van der Waals surface area contributed by atoms with E-state index in [-0.39, 0.29) is 16.3 Å². The van der Waals surface area contributed by atoms with Crippen molar-refractivity contribution in [2.45, 2.75) is 26.3 Å². The monoisotopic (exact) mass is 482 g/mol. The lowest BCUT2D eigenvalue weighted by Crippen LogP contribution is -2.29. The van der Waals surface area contributed by atoms with Crippen LogP contribution in [0.15, 0.2) is 53.1 Å². The fourth-order valence-electron chi connectivity index (χ4n) is 2.58. The van der Waals surface area contributed by atoms with Crippen LogP contribution in [0.5, 0.6) is 5.75 Å². The summed E-state index contributed by atoms with van der Waals surface area (Å²) < 4.78 is 50.6. The molecule has 3 rings (SSSR count). The Bertz CT molecular complexity index is 1140. The van der Waals surface area contributed by atoms with E-state index in [1.807, 2.05) is 0 Å². The van der Waals surface area contributed by atoms with Gasteiger partial charge in [0, 0.05) is 5.69 Å². The number of alkyl halides is 3. The van der Waals surface area contributed by atoms with Gasteiger partial charge in [-0.05, 0) is 61.9 Å². The number of hydrogen-bond donors (Lipinski definition) is 2. The average molecular weight is 482 g/mol. The lowest BCUT2D eigenvalue weighted by molar-refractivity contribution is -0.274. The minimum absolute atomic E-state index is 0.105. The van der Waals surface area contributed by atoms with Crippen molar-refractivity contribution >= 4 is 39.8 Å². The Morgan fingerprint density at radius 3 is 2.39 bits per heavy atom. The quantitative estimate of drug-likeness (QED) is 0.460. The van der Waals surface area contributed by atoms with Crippen LogP contribution in [0.4, 0.5) is 23.9 Å². The molecule has 1 unspecified atom stereocenters. The van der Waals surface area contributed by atoms with Gasteiger partial charge >= 0.3 is 12.3 Å². The molecule has 0 spiro atoms. The molecule has 0 saturated carbocycles. The smallest absolute Gasteiger partial charge is 0.459 e. The second kappa shape index (κ2) is 9.77. The van der Waals surface area contributed by atoms with Gasteiger partial charge in [-0.3, -0.25) is 9.59 Å². The maximum Gasteiger partial charge on any atom is 0.573 e.